The van der Waals surface area contributed by atoms with E-state index in [0.717, 1.165) is 11.1 Å². The first-order valence-electron chi connectivity index (χ1n) is 6.95. The summed E-state index contributed by atoms with van der Waals surface area (Å²) >= 11 is 0. The summed E-state index contributed by atoms with van der Waals surface area (Å²) in [5, 5.41) is 0. The Hall–Kier alpha value is -0.910. The van der Waals surface area contributed by atoms with Crippen LogP contribution in [0, 0.1) is 6.92 Å². The molecule has 3 N–H and O–H groups in total. The number of hydrogen-bond donors (Lipinski definition) is 2. The van der Waals surface area contributed by atoms with Crippen molar-refractivity contribution >= 4 is 10.0 Å². The quantitative estimate of drug-likeness (QED) is 0.876. The van der Waals surface area contributed by atoms with Crippen LogP contribution >= 0.6 is 0 Å². The minimum atomic E-state index is -3.53. The largest absolute Gasteiger partial charge is 0.329 e. The van der Waals surface area contributed by atoms with Gasteiger partial charge in [0.25, 0.3) is 0 Å². The van der Waals surface area contributed by atoms with Crippen LogP contribution in [0.4, 0.5) is 0 Å². The third kappa shape index (κ3) is 4.04. The number of hydrogen-bond acceptors (Lipinski definition) is 3. The third-order valence-corrected chi connectivity index (χ3v) is 5.11. The van der Waals surface area contributed by atoms with Gasteiger partial charge in [0.15, 0.2) is 0 Å². The fourth-order valence-electron chi connectivity index (χ4n) is 1.94. The Kier molecular flexibility index (Phi) is 5.35. The lowest BCUT2D eigenvalue weighted by molar-refractivity contribution is 0.541. The van der Waals surface area contributed by atoms with Crippen molar-refractivity contribution in [3.8, 4) is 0 Å². The third-order valence-electron chi connectivity index (χ3n) is 3.44. The number of nitrogens with one attached hydrogen (secondary N) is 1. The summed E-state index contributed by atoms with van der Waals surface area (Å²) < 4.78 is 27.7. The molecule has 0 aliphatic carbocycles. The van der Waals surface area contributed by atoms with Gasteiger partial charge in [-0.05, 0) is 36.0 Å². The summed E-state index contributed by atoms with van der Waals surface area (Å²) in [6.07, 6.45) is 0.674. The zero-order chi connectivity index (χ0) is 15.6. The molecular formula is C15H26N2O2S. The van der Waals surface area contributed by atoms with Gasteiger partial charge in [-0.25, -0.2) is 13.1 Å². The lowest BCUT2D eigenvalue weighted by atomic mass is 9.87. The van der Waals surface area contributed by atoms with E-state index in [1.165, 1.54) is 0 Å². The summed E-state index contributed by atoms with van der Waals surface area (Å²) in [6.45, 7) is 10.2. The number of rotatable bonds is 5. The molecule has 20 heavy (non-hydrogen) atoms. The molecule has 0 aliphatic rings. The maximum absolute atomic E-state index is 12.5. The zero-order valence-corrected chi connectivity index (χ0v) is 13.8. The summed E-state index contributed by atoms with van der Waals surface area (Å²) in [5.41, 5.74) is 7.24. The van der Waals surface area contributed by atoms with E-state index in [1.54, 1.807) is 6.07 Å². The smallest absolute Gasteiger partial charge is 0.241 e. The molecule has 0 aliphatic heterocycles. The van der Waals surface area contributed by atoms with Gasteiger partial charge in [-0.3, -0.25) is 0 Å². The molecule has 0 radical (unpaired) electrons. The van der Waals surface area contributed by atoms with Crippen molar-refractivity contribution in [1.29, 1.82) is 0 Å². The van der Waals surface area contributed by atoms with Gasteiger partial charge in [-0.15, -0.1) is 0 Å². The second kappa shape index (κ2) is 6.24. The number of benzene rings is 1. The molecule has 0 bridgehead atoms. The molecule has 1 unspecified atom stereocenters. The van der Waals surface area contributed by atoms with Gasteiger partial charge in [-0.2, -0.15) is 0 Å². The van der Waals surface area contributed by atoms with E-state index in [4.69, 9.17) is 5.73 Å². The van der Waals surface area contributed by atoms with Gasteiger partial charge >= 0.3 is 0 Å². The van der Waals surface area contributed by atoms with Crippen molar-refractivity contribution in [2.24, 2.45) is 5.73 Å². The average Bonchev–Trinajstić information content (AvgIpc) is 2.34. The summed E-state index contributed by atoms with van der Waals surface area (Å²) in [7, 11) is -3.53. The minimum Gasteiger partial charge on any atom is -0.329 e. The standard InChI is InChI=1S/C15H26N2O2S/c1-6-13(10-16)17-20(18,19)14-9-12(15(3,4)5)8-7-11(14)2/h7-9,13,17H,6,10,16H2,1-5H3. The predicted molar refractivity (Wildman–Crippen MR) is 83.3 cm³/mol. The van der Waals surface area contributed by atoms with Crippen LogP contribution in [0.25, 0.3) is 0 Å². The van der Waals surface area contributed by atoms with E-state index in [1.807, 2.05) is 26.0 Å². The van der Waals surface area contributed by atoms with E-state index >= 15 is 0 Å². The van der Waals surface area contributed by atoms with Crippen LogP contribution in [0.2, 0.25) is 0 Å². The molecule has 0 aromatic heterocycles. The van der Waals surface area contributed by atoms with Crippen molar-refractivity contribution in [3.05, 3.63) is 29.3 Å². The van der Waals surface area contributed by atoms with Gasteiger partial charge in [-0.1, -0.05) is 39.8 Å². The summed E-state index contributed by atoms with van der Waals surface area (Å²) in [6, 6.07) is 5.38. The molecule has 0 spiro atoms. The molecule has 0 amide bonds. The highest BCUT2D eigenvalue weighted by Crippen LogP contribution is 2.26. The van der Waals surface area contributed by atoms with Crippen LogP contribution in [0.3, 0.4) is 0 Å². The topological polar surface area (TPSA) is 72.2 Å². The van der Waals surface area contributed by atoms with Crippen molar-refractivity contribution in [3.63, 3.8) is 0 Å². The van der Waals surface area contributed by atoms with Crippen LogP contribution in [0.15, 0.2) is 23.1 Å². The maximum atomic E-state index is 12.5. The first-order valence-corrected chi connectivity index (χ1v) is 8.43. The van der Waals surface area contributed by atoms with Crippen molar-refractivity contribution in [2.75, 3.05) is 6.54 Å². The van der Waals surface area contributed by atoms with Crippen molar-refractivity contribution in [1.82, 2.24) is 4.72 Å². The predicted octanol–water partition coefficient (Wildman–Crippen LogP) is 2.31. The number of nitrogens with two attached hydrogens (primary N) is 1. The first-order chi connectivity index (χ1) is 9.11. The fraction of sp³-hybridized carbons (Fsp3) is 0.600. The maximum Gasteiger partial charge on any atom is 0.241 e. The van der Waals surface area contributed by atoms with Crippen molar-refractivity contribution < 1.29 is 8.42 Å². The lowest BCUT2D eigenvalue weighted by Crippen LogP contribution is -2.39. The molecule has 1 rings (SSSR count). The van der Waals surface area contributed by atoms with E-state index in [9.17, 15) is 8.42 Å². The Labute approximate surface area is 122 Å². The fourth-order valence-corrected chi connectivity index (χ4v) is 3.54. The highest BCUT2D eigenvalue weighted by molar-refractivity contribution is 7.89. The Bertz CT molecular complexity index is 556. The second-order valence-corrected chi connectivity index (χ2v) is 7.87. The van der Waals surface area contributed by atoms with Gasteiger partial charge < -0.3 is 5.73 Å². The van der Waals surface area contributed by atoms with Crippen LogP contribution < -0.4 is 10.5 Å². The Morgan fingerprint density at radius 1 is 1.30 bits per heavy atom. The van der Waals surface area contributed by atoms with Crippen LogP contribution in [0.5, 0.6) is 0 Å². The summed E-state index contributed by atoms with van der Waals surface area (Å²) in [4.78, 5) is 0.344. The van der Waals surface area contributed by atoms with E-state index in [0.29, 0.717) is 17.9 Å². The molecule has 1 aromatic rings. The monoisotopic (exact) mass is 298 g/mol. The normalized spacial score (nSPS) is 14.3. The molecular weight excluding hydrogens is 272 g/mol. The molecule has 5 heteroatoms. The highest BCUT2D eigenvalue weighted by Gasteiger charge is 2.23. The van der Waals surface area contributed by atoms with Gasteiger partial charge in [0.1, 0.15) is 0 Å². The van der Waals surface area contributed by atoms with Crippen LogP contribution in [-0.4, -0.2) is 21.0 Å². The molecule has 0 saturated carbocycles. The molecule has 1 atom stereocenters. The first kappa shape index (κ1) is 17.1. The van der Waals surface area contributed by atoms with Crippen LogP contribution in [-0.2, 0) is 15.4 Å². The Balaban J connectivity index is 3.24. The van der Waals surface area contributed by atoms with Gasteiger partial charge in [0.05, 0.1) is 4.90 Å². The van der Waals surface area contributed by atoms with Crippen LogP contribution in [0.1, 0.15) is 45.2 Å². The molecule has 4 nitrogen and oxygen atoms in total. The molecule has 0 heterocycles. The van der Waals surface area contributed by atoms with E-state index in [-0.39, 0.29) is 11.5 Å². The number of aryl methyl sites for hydroxylation is 1. The minimum absolute atomic E-state index is 0.0873. The van der Waals surface area contributed by atoms with E-state index in [2.05, 4.69) is 25.5 Å². The Morgan fingerprint density at radius 2 is 1.90 bits per heavy atom. The molecule has 0 saturated heterocycles. The zero-order valence-electron chi connectivity index (χ0n) is 13.0. The summed E-state index contributed by atoms with van der Waals surface area (Å²) in [5.74, 6) is 0. The highest BCUT2D eigenvalue weighted by atomic mass is 32.2. The second-order valence-electron chi connectivity index (χ2n) is 6.19. The SMILES string of the molecule is CCC(CN)NS(=O)(=O)c1cc(C(C)(C)C)ccc1C. The van der Waals surface area contributed by atoms with E-state index < -0.39 is 10.0 Å². The van der Waals surface area contributed by atoms with Gasteiger partial charge in [0.2, 0.25) is 10.0 Å². The molecule has 114 valence electrons. The number of sulfonamides is 1. The van der Waals surface area contributed by atoms with Gasteiger partial charge in [0, 0.05) is 12.6 Å². The molecule has 1 aromatic carbocycles. The Morgan fingerprint density at radius 3 is 2.35 bits per heavy atom. The average molecular weight is 298 g/mol. The van der Waals surface area contributed by atoms with Crippen molar-refractivity contribution in [2.45, 2.75) is 57.4 Å². The molecule has 0 fully saturated rings. The lowest BCUT2D eigenvalue weighted by Gasteiger charge is -2.22.